The molecule has 0 aromatic heterocycles. The molecular weight excluding hydrogens is 324 g/mol. The summed E-state index contributed by atoms with van der Waals surface area (Å²) in [6.45, 7) is 1.79. The summed E-state index contributed by atoms with van der Waals surface area (Å²) in [5, 5.41) is 0.750. The molecule has 0 bridgehead atoms. The van der Waals surface area contributed by atoms with Crippen molar-refractivity contribution in [1.82, 2.24) is 4.90 Å². The van der Waals surface area contributed by atoms with Crippen LogP contribution < -0.4 is 4.74 Å². The van der Waals surface area contributed by atoms with Crippen molar-refractivity contribution in [3.63, 3.8) is 0 Å². The largest absolute Gasteiger partial charge is 0.492 e. The normalized spacial score (nSPS) is 10.7. The number of halogens is 2. The van der Waals surface area contributed by atoms with Crippen LogP contribution in [0.15, 0.2) is 18.2 Å². The van der Waals surface area contributed by atoms with Crippen LogP contribution in [0.25, 0.3) is 0 Å². The van der Waals surface area contributed by atoms with Crippen molar-refractivity contribution < 1.29 is 4.74 Å². The molecule has 0 N–H and O–H groups in total. The summed E-state index contributed by atoms with van der Waals surface area (Å²) in [4.78, 5) is 2.15. The van der Waals surface area contributed by atoms with Crippen LogP contribution in [0.2, 0.25) is 5.02 Å². The Morgan fingerprint density at radius 3 is 2.73 bits per heavy atom. The SMILES string of the molecule is CN(C)CCCOc1ccc(Cl)cc1I. The third-order valence-corrected chi connectivity index (χ3v) is 2.98. The number of nitrogens with zero attached hydrogens (tertiary/aromatic N) is 1. The summed E-state index contributed by atoms with van der Waals surface area (Å²) in [5.41, 5.74) is 0. The van der Waals surface area contributed by atoms with Crippen LogP contribution >= 0.6 is 34.2 Å². The van der Waals surface area contributed by atoms with E-state index < -0.39 is 0 Å². The van der Waals surface area contributed by atoms with Crippen molar-refractivity contribution >= 4 is 34.2 Å². The molecule has 0 unspecified atom stereocenters. The first kappa shape index (κ1) is 13.1. The smallest absolute Gasteiger partial charge is 0.132 e. The van der Waals surface area contributed by atoms with Gasteiger partial charge in [-0.2, -0.15) is 0 Å². The van der Waals surface area contributed by atoms with Gasteiger partial charge in [-0.3, -0.25) is 0 Å². The van der Waals surface area contributed by atoms with E-state index in [1.54, 1.807) is 0 Å². The minimum Gasteiger partial charge on any atom is -0.492 e. The molecule has 2 nitrogen and oxygen atoms in total. The van der Waals surface area contributed by atoms with Gasteiger partial charge in [0.1, 0.15) is 5.75 Å². The Morgan fingerprint density at radius 2 is 2.13 bits per heavy atom. The van der Waals surface area contributed by atoms with Gasteiger partial charge in [0.25, 0.3) is 0 Å². The van der Waals surface area contributed by atoms with Gasteiger partial charge in [-0.15, -0.1) is 0 Å². The van der Waals surface area contributed by atoms with E-state index in [0.29, 0.717) is 0 Å². The first-order valence-electron chi connectivity index (χ1n) is 4.82. The minimum atomic E-state index is 0.746. The van der Waals surface area contributed by atoms with Gasteiger partial charge in [0, 0.05) is 11.6 Å². The molecule has 1 aromatic carbocycles. The Labute approximate surface area is 110 Å². The number of ether oxygens (including phenoxy) is 1. The van der Waals surface area contributed by atoms with Crippen molar-refractivity contribution in [3.05, 3.63) is 26.8 Å². The quantitative estimate of drug-likeness (QED) is 0.603. The lowest BCUT2D eigenvalue weighted by atomic mass is 10.3. The molecule has 0 fully saturated rings. The second-order valence-corrected chi connectivity index (χ2v) is 5.18. The average Bonchev–Trinajstić information content (AvgIpc) is 2.14. The van der Waals surface area contributed by atoms with Crippen LogP contribution in [0.1, 0.15) is 6.42 Å². The van der Waals surface area contributed by atoms with Crippen molar-refractivity contribution in [1.29, 1.82) is 0 Å². The number of rotatable bonds is 5. The Hall–Kier alpha value is -0.000000000000000111. The monoisotopic (exact) mass is 339 g/mol. The summed E-state index contributed by atoms with van der Waals surface area (Å²) in [5.74, 6) is 0.916. The molecule has 0 radical (unpaired) electrons. The molecule has 0 aliphatic carbocycles. The predicted octanol–water partition coefficient (Wildman–Crippen LogP) is 3.28. The summed E-state index contributed by atoms with van der Waals surface area (Å²) in [6, 6.07) is 5.67. The molecule has 0 amide bonds. The van der Waals surface area contributed by atoms with E-state index >= 15 is 0 Å². The molecular formula is C11H15ClINO. The second-order valence-electron chi connectivity index (χ2n) is 3.58. The van der Waals surface area contributed by atoms with Crippen LogP contribution in [-0.4, -0.2) is 32.1 Å². The van der Waals surface area contributed by atoms with E-state index in [4.69, 9.17) is 16.3 Å². The summed E-state index contributed by atoms with van der Waals surface area (Å²) < 4.78 is 6.71. The first-order chi connectivity index (χ1) is 7.09. The second kappa shape index (κ2) is 6.55. The topological polar surface area (TPSA) is 12.5 Å². The number of hydrogen-bond donors (Lipinski definition) is 0. The third-order valence-electron chi connectivity index (χ3n) is 1.90. The van der Waals surface area contributed by atoms with Crippen LogP contribution in [0.5, 0.6) is 5.75 Å². The Kier molecular flexibility index (Phi) is 5.71. The van der Waals surface area contributed by atoms with Crippen molar-refractivity contribution in [2.24, 2.45) is 0 Å². The summed E-state index contributed by atoms with van der Waals surface area (Å²) >= 11 is 8.08. The highest BCUT2D eigenvalue weighted by Crippen LogP contribution is 2.24. The minimum absolute atomic E-state index is 0.746. The van der Waals surface area contributed by atoms with Gasteiger partial charge in [0.2, 0.25) is 0 Å². The Balaban J connectivity index is 2.37. The average molecular weight is 340 g/mol. The van der Waals surface area contributed by atoms with Crippen LogP contribution in [0.3, 0.4) is 0 Å². The zero-order valence-corrected chi connectivity index (χ0v) is 11.9. The van der Waals surface area contributed by atoms with E-state index in [1.807, 2.05) is 18.2 Å². The van der Waals surface area contributed by atoms with E-state index in [1.165, 1.54) is 0 Å². The summed E-state index contributed by atoms with van der Waals surface area (Å²) in [6.07, 6.45) is 1.03. The lowest BCUT2D eigenvalue weighted by Crippen LogP contribution is -2.15. The highest BCUT2D eigenvalue weighted by Gasteiger charge is 2.01. The van der Waals surface area contributed by atoms with Gasteiger partial charge >= 0.3 is 0 Å². The third kappa shape index (κ3) is 5.04. The molecule has 15 heavy (non-hydrogen) atoms. The fourth-order valence-corrected chi connectivity index (χ4v) is 2.18. The zero-order valence-electron chi connectivity index (χ0n) is 8.96. The molecule has 0 saturated heterocycles. The van der Waals surface area contributed by atoms with Gasteiger partial charge < -0.3 is 9.64 Å². The lowest BCUT2D eigenvalue weighted by Gasteiger charge is -2.11. The molecule has 0 atom stereocenters. The van der Waals surface area contributed by atoms with Crippen LogP contribution in [0, 0.1) is 3.57 Å². The van der Waals surface area contributed by atoms with Crippen molar-refractivity contribution in [2.45, 2.75) is 6.42 Å². The fourth-order valence-electron chi connectivity index (χ4n) is 1.16. The fraction of sp³-hybridized carbons (Fsp3) is 0.455. The highest BCUT2D eigenvalue weighted by atomic mass is 127. The maximum atomic E-state index is 5.85. The Bertz CT molecular complexity index is 317. The van der Waals surface area contributed by atoms with E-state index in [9.17, 15) is 0 Å². The van der Waals surface area contributed by atoms with Crippen LogP contribution in [0.4, 0.5) is 0 Å². The van der Waals surface area contributed by atoms with E-state index in [0.717, 1.165) is 33.9 Å². The molecule has 0 spiro atoms. The molecule has 0 saturated carbocycles. The molecule has 1 rings (SSSR count). The summed E-state index contributed by atoms with van der Waals surface area (Å²) in [7, 11) is 4.12. The maximum absolute atomic E-state index is 5.85. The van der Waals surface area contributed by atoms with E-state index in [2.05, 4.69) is 41.6 Å². The van der Waals surface area contributed by atoms with E-state index in [-0.39, 0.29) is 0 Å². The van der Waals surface area contributed by atoms with Crippen molar-refractivity contribution in [3.8, 4) is 5.75 Å². The molecule has 84 valence electrons. The van der Waals surface area contributed by atoms with Crippen LogP contribution in [-0.2, 0) is 0 Å². The Morgan fingerprint density at radius 1 is 1.40 bits per heavy atom. The molecule has 0 heterocycles. The first-order valence-corrected chi connectivity index (χ1v) is 6.28. The van der Waals surface area contributed by atoms with Gasteiger partial charge in [-0.25, -0.2) is 0 Å². The molecule has 0 aliphatic heterocycles. The zero-order chi connectivity index (χ0) is 11.3. The standard InChI is InChI=1S/C11H15ClINO/c1-14(2)6-3-7-15-11-5-4-9(12)8-10(11)13/h4-5,8H,3,6-7H2,1-2H3. The number of benzene rings is 1. The molecule has 1 aromatic rings. The molecule has 0 aliphatic rings. The lowest BCUT2D eigenvalue weighted by molar-refractivity contribution is 0.280. The highest BCUT2D eigenvalue weighted by molar-refractivity contribution is 14.1. The maximum Gasteiger partial charge on any atom is 0.132 e. The predicted molar refractivity (Wildman–Crippen MR) is 72.8 cm³/mol. The van der Waals surface area contributed by atoms with Gasteiger partial charge in [0.05, 0.1) is 10.2 Å². The van der Waals surface area contributed by atoms with Gasteiger partial charge in [-0.1, -0.05) is 11.6 Å². The van der Waals surface area contributed by atoms with Gasteiger partial charge in [0.15, 0.2) is 0 Å². The number of hydrogen-bond acceptors (Lipinski definition) is 2. The van der Waals surface area contributed by atoms with Crippen molar-refractivity contribution in [2.75, 3.05) is 27.2 Å². The molecule has 4 heteroatoms. The van der Waals surface area contributed by atoms with Gasteiger partial charge in [-0.05, 0) is 61.3 Å².